The molecule has 6 nitrogen and oxygen atoms in total. The summed E-state index contributed by atoms with van der Waals surface area (Å²) < 4.78 is 0. The number of hydrogen-bond acceptors (Lipinski definition) is 3. The molecular weight excluding hydrogens is 318 g/mol. The summed E-state index contributed by atoms with van der Waals surface area (Å²) in [6.07, 6.45) is 0.615. The normalized spacial score (nSPS) is 16.4. The van der Waals surface area contributed by atoms with Crippen molar-refractivity contribution in [3.63, 3.8) is 0 Å². The summed E-state index contributed by atoms with van der Waals surface area (Å²) in [7, 11) is 0. The molecule has 124 valence electrons. The third kappa shape index (κ3) is 3.82. The van der Waals surface area contributed by atoms with Crippen LogP contribution in [0.25, 0.3) is 0 Å². The van der Waals surface area contributed by atoms with Gasteiger partial charge in [0.2, 0.25) is 5.91 Å². The Kier molecular flexibility index (Phi) is 4.94. The molecule has 1 fully saturated rings. The van der Waals surface area contributed by atoms with Crippen molar-refractivity contribution in [2.24, 2.45) is 0 Å². The molecule has 2 N–H and O–H groups in total. The third-order valence-corrected chi connectivity index (χ3v) is 4.18. The van der Waals surface area contributed by atoms with Gasteiger partial charge in [0.1, 0.15) is 5.54 Å². The summed E-state index contributed by atoms with van der Waals surface area (Å²) in [6.45, 7) is 5.35. The van der Waals surface area contributed by atoms with Crippen LogP contribution >= 0.6 is 11.6 Å². The second kappa shape index (κ2) is 6.58. The molecule has 23 heavy (non-hydrogen) atoms. The lowest BCUT2D eigenvalue weighted by Crippen LogP contribution is -2.40. The first-order valence-corrected chi connectivity index (χ1v) is 7.79. The molecule has 1 aromatic carbocycles. The van der Waals surface area contributed by atoms with E-state index in [1.807, 2.05) is 6.92 Å². The van der Waals surface area contributed by atoms with E-state index in [0.29, 0.717) is 17.1 Å². The summed E-state index contributed by atoms with van der Waals surface area (Å²) in [4.78, 5) is 36.9. The van der Waals surface area contributed by atoms with Gasteiger partial charge in [0.15, 0.2) is 0 Å². The van der Waals surface area contributed by atoms with Crippen LogP contribution in [0.5, 0.6) is 0 Å². The van der Waals surface area contributed by atoms with E-state index in [1.54, 1.807) is 32.0 Å². The Morgan fingerprint density at radius 2 is 2.04 bits per heavy atom. The lowest BCUT2D eigenvalue weighted by atomic mass is 10.1. The average Bonchev–Trinajstić information content (AvgIpc) is 2.65. The number of nitrogens with one attached hydrogen (secondary N) is 2. The van der Waals surface area contributed by atoms with Gasteiger partial charge < -0.3 is 10.6 Å². The molecule has 0 unspecified atom stereocenters. The number of halogens is 1. The standard InChI is InChI=1S/C16H20ClN3O3/c1-10-11(17)6-4-7-12(10)18-13(21)8-5-9-20-14(22)16(2,3)19-15(20)23/h4,6-7H,5,8-9H2,1-3H3,(H,18,21)(H,19,23). The van der Waals surface area contributed by atoms with E-state index >= 15 is 0 Å². The van der Waals surface area contributed by atoms with Crippen LogP contribution in [0, 0.1) is 6.92 Å². The molecule has 2 rings (SSSR count). The number of rotatable bonds is 5. The predicted octanol–water partition coefficient (Wildman–Crippen LogP) is 2.70. The zero-order valence-electron chi connectivity index (χ0n) is 13.4. The van der Waals surface area contributed by atoms with Crippen LogP contribution in [-0.4, -0.2) is 34.8 Å². The highest BCUT2D eigenvalue weighted by Crippen LogP contribution is 2.23. The zero-order valence-corrected chi connectivity index (χ0v) is 14.2. The van der Waals surface area contributed by atoms with E-state index in [0.717, 1.165) is 10.5 Å². The predicted molar refractivity (Wildman–Crippen MR) is 88.4 cm³/mol. The van der Waals surface area contributed by atoms with Crippen LogP contribution in [0.15, 0.2) is 18.2 Å². The molecule has 7 heteroatoms. The quantitative estimate of drug-likeness (QED) is 0.811. The summed E-state index contributed by atoms with van der Waals surface area (Å²) in [5, 5.41) is 5.98. The number of imide groups is 1. The van der Waals surface area contributed by atoms with Crippen LogP contribution in [0.1, 0.15) is 32.3 Å². The van der Waals surface area contributed by atoms with Crippen molar-refractivity contribution in [1.29, 1.82) is 0 Å². The number of benzene rings is 1. The summed E-state index contributed by atoms with van der Waals surface area (Å²) in [5.74, 6) is -0.449. The minimum Gasteiger partial charge on any atom is -0.326 e. The number of carbonyl (C=O) groups is 3. The number of amides is 4. The fourth-order valence-corrected chi connectivity index (χ4v) is 2.55. The van der Waals surface area contributed by atoms with Crippen molar-refractivity contribution in [2.45, 2.75) is 39.2 Å². The van der Waals surface area contributed by atoms with Gasteiger partial charge in [-0.15, -0.1) is 0 Å². The molecule has 0 radical (unpaired) electrons. The molecule has 0 atom stereocenters. The van der Waals surface area contributed by atoms with Crippen LogP contribution in [0.3, 0.4) is 0 Å². The minimum absolute atomic E-state index is 0.179. The smallest absolute Gasteiger partial charge is 0.325 e. The zero-order chi connectivity index (χ0) is 17.2. The molecule has 0 aromatic heterocycles. The largest absolute Gasteiger partial charge is 0.326 e. The first kappa shape index (κ1) is 17.3. The highest BCUT2D eigenvalue weighted by molar-refractivity contribution is 6.31. The first-order chi connectivity index (χ1) is 10.7. The highest BCUT2D eigenvalue weighted by Gasteiger charge is 2.43. The Morgan fingerprint density at radius 3 is 2.65 bits per heavy atom. The molecular formula is C16H20ClN3O3. The molecule has 0 aliphatic carbocycles. The Balaban J connectivity index is 1.85. The summed E-state index contributed by atoms with van der Waals surface area (Å²) in [5.41, 5.74) is 0.592. The molecule has 1 aliphatic rings. The molecule has 1 heterocycles. The van der Waals surface area contributed by atoms with E-state index in [9.17, 15) is 14.4 Å². The fourth-order valence-electron chi connectivity index (χ4n) is 2.37. The second-order valence-corrected chi connectivity index (χ2v) is 6.48. The maximum absolute atomic E-state index is 12.0. The molecule has 0 spiro atoms. The van der Waals surface area contributed by atoms with Gasteiger partial charge in [0.25, 0.3) is 5.91 Å². The Hall–Kier alpha value is -2.08. The molecule has 1 saturated heterocycles. The van der Waals surface area contributed by atoms with E-state index < -0.39 is 11.6 Å². The van der Waals surface area contributed by atoms with E-state index in [-0.39, 0.29) is 24.8 Å². The number of anilines is 1. The van der Waals surface area contributed by atoms with Crippen molar-refractivity contribution in [3.05, 3.63) is 28.8 Å². The van der Waals surface area contributed by atoms with Crippen molar-refractivity contribution in [2.75, 3.05) is 11.9 Å². The first-order valence-electron chi connectivity index (χ1n) is 7.41. The average molecular weight is 338 g/mol. The van der Waals surface area contributed by atoms with Crippen LogP contribution in [0.4, 0.5) is 10.5 Å². The van der Waals surface area contributed by atoms with E-state index in [1.165, 1.54) is 0 Å². The second-order valence-electron chi connectivity index (χ2n) is 6.08. The van der Waals surface area contributed by atoms with Gasteiger partial charge >= 0.3 is 6.03 Å². The molecule has 1 aromatic rings. The van der Waals surface area contributed by atoms with Gasteiger partial charge in [0.05, 0.1) is 0 Å². The van der Waals surface area contributed by atoms with Crippen molar-refractivity contribution >= 4 is 35.1 Å². The number of nitrogens with zero attached hydrogens (tertiary/aromatic N) is 1. The van der Waals surface area contributed by atoms with Gasteiger partial charge in [-0.1, -0.05) is 17.7 Å². The van der Waals surface area contributed by atoms with Gasteiger partial charge in [0, 0.05) is 23.7 Å². The van der Waals surface area contributed by atoms with Gasteiger partial charge in [-0.25, -0.2) is 4.79 Å². The minimum atomic E-state index is -0.878. The third-order valence-electron chi connectivity index (χ3n) is 3.77. The Bertz CT molecular complexity index is 658. The lowest BCUT2D eigenvalue weighted by molar-refractivity contribution is -0.130. The van der Waals surface area contributed by atoms with Gasteiger partial charge in [-0.3, -0.25) is 14.5 Å². The molecule has 0 bridgehead atoms. The van der Waals surface area contributed by atoms with Crippen molar-refractivity contribution < 1.29 is 14.4 Å². The summed E-state index contributed by atoms with van der Waals surface area (Å²) in [6, 6.07) is 4.89. The SMILES string of the molecule is Cc1c(Cl)cccc1NC(=O)CCCN1C(=O)NC(C)(C)C1=O. The monoisotopic (exact) mass is 337 g/mol. The van der Waals surface area contributed by atoms with Gasteiger partial charge in [-0.05, 0) is 44.9 Å². The molecule has 4 amide bonds. The molecule has 1 aliphatic heterocycles. The maximum Gasteiger partial charge on any atom is 0.325 e. The fraction of sp³-hybridized carbons (Fsp3) is 0.438. The van der Waals surface area contributed by atoms with E-state index in [2.05, 4.69) is 10.6 Å². The van der Waals surface area contributed by atoms with Crippen LogP contribution < -0.4 is 10.6 Å². The summed E-state index contributed by atoms with van der Waals surface area (Å²) >= 11 is 6.01. The Morgan fingerprint density at radius 1 is 1.35 bits per heavy atom. The number of carbonyl (C=O) groups excluding carboxylic acids is 3. The Labute approximate surface area is 140 Å². The molecule has 0 saturated carbocycles. The van der Waals surface area contributed by atoms with Gasteiger partial charge in [-0.2, -0.15) is 0 Å². The topological polar surface area (TPSA) is 78.5 Å². The number of urea groups is 1. The lowest BCUT2D eigenvalue weighted by Gasteiger charge is -2.16. The highest BCUT2D eigenvalue weighted by atomic mass is 35.5. The van der Waals surface area contributed by atoms with Crippen LogP contribution in [-0.2, 0) is 9.59 Å². The maximum atomic E-state index is 12.0. The van der Waals surface area contributed by atoms with E-state index in [4.69, 9.17) is 11.6 Å². The van der Waals surface area contributed by atoms with Crippen LogP contribution in [0.2, 0.25) is 5.02 Å². The van der Waals surface area contributed by atoms with Crippen molar-refractivity contribution in [1.82, 2.24) is 10.2 Å². The van der Waals surface area contributed by atoms with Crippen molar-refractivity contribution in [3.8, 4) is 0 Å². The number of hydrogen-bond donors (Lipinski definition) is 2.